The molecule has 0 saturated heterocycles. The van der Waals surface area contributed by atoms with Crippen molar-refractivity contribution in [3.05, 3.63) is 10.2 Å². The Labute approximate surface area is 118 Å². The average molecular weight is 363 g/mol. The molecule has 108 valence electrons. The summed E-state index contributed by atoms with van der Waals surface area (Å²) < 4.78 is 6.96. The van der Waals surface area contributed by atoms with Gasteiger partial charge in [0.05, 0.1) is 0 Å². The molecule has 0 bridgehead atoms. The monoisotopic (exact) mass is 364 g/mol. The molecular weight excluding hydrogens is 331 g/mol. The summed E-state index contributed by atoms with van der Waals surface area (Å²) in [5, 5.41) is 8.46. The first-order valence-electron chi connectivity index (χ1n) is 7.68. The summed E-state index contributed by atoms with van der Waals surface area (Å²) in [4.78, 5) is 4.20. The van der Waals surface area contributed by atoms with Crippen LogP contribution in [0.4, 0.5) is 0 Å². The molecule has 0 atom stereocenters. The van der Waals surface area contributed by atoms with E-state index in [1.165, 1.54) is 51.8 Å². The summed E-state index contributed by atoms with van der Waals surface area (Å²) in [5.74, 6) is 0. The van der Waals surface area contributed by atoms with Gasteiger partial charge >= 0.3 is 118 Å². The van der Waals surface area contributed by atoms with Crippen LogP contribution in [0.2, 0.25) is 13.3 Å². The third-order valence-corrected chi connectivity index (χ3v) is 18.0. The molecule has 18 heavy (non-hydrogen) atoms. The normalized spacial score (nSPS) is 12.4. The zero-order chi connectivity index (χ0) is 13.7. The van der Waals surface area contributed by atoms with E-state index in [1.54, 1.807) is 0 Å². The molecule has 0 fully saturated rings. The van der Waals surface area contributed by atoms with Gasteiger partial charge in [0.1, 0.15) is 0 Å². The van der Waals surface area contributed by atoms with E-state index in [4.69, 9.17) is 5.26 Å². The Bertz CT molecular complexity index is 183. The molecular formula is C15H32O2Sn. The van der Waals surface area contributed by atoms with Crippen LogP contribution in [0.15, 0.2) is 10.2 Å². The van der Waals surface area contributed by atoms with Crippen molar-refractivity contribution in [2.24, 2.45) is 0 Å². The molecule has 0 aromatic rings. The van der Waals surface area contributed by atoms with Crippen LogP contribution in [-0.4, -0.2) is 30.2 Å². The Balaban J connectivity index is 4.61. The Morgan fingerprint density at radius 2 is 1.33 bits per heavy atom. The molecule has 0 radical (unpaired) electrons. The van der Waals surface area contributed by atoms with E-state index < -0.39 is 18.4 Å². The summed E-state index contributed by atoms with van der Waals surface area (Å²) in [7, 11) is 0. The second-order valence-corrected chi connectivity index (χ2v) is 18.4. The Kier molecular flexibility index (Phi) is 12.8. The third kappa shape index (κ3) is 8.54. The predicted molar refractivity (Wildman–Crippen MR) is 82.6 cm³/mol. The molecule has 0 aromatic carbocycles. The first-order chi connectivity index (χ1) is 8.74. The molecule has 1 N–H and O–H groups in total. The Hall–Kier alpha value is 0.459. The van der Waals surface area contributed by atoms with Crippen LogP contribution in [0, 0.1) is 0 Å². The molecule has 0 aromatic heterocycles. The van der Waals surface area contributed by atoms with E-state index in [0.717, 1.165) is 0 Å². The summed E-state index contributed by atoms with van der Waals surface area (Å²) >= 11 is -2.09. The number of rotatable bonds is 12. The fourth-order valence-corrected chi connectivity index (χ4v) is 16.9. The minimum atomic E-state index is -2.09. The fraction of sp³-hybridized carbons (Fsp3) is 0.867. The van der Waals surface area contributed by atoms with E-state index in [2.05, 4.69) is 35.8 Å². The quantitative estimate of drug-likeness (QED) is 0.285. The van der Waals surface area contributed by atoms with Gasteiger partial charge in [0.25, 0.3) is 0 Å². The Morgan fingerprint density at radius 1 is 0.889 bits per heavy atom. The Morgan fingerprint density at radius 3 is 1.67 bits per heavy atom. The van der Waals surface area contributed by atoms with Gasteiger partial charge in [-0.2, -0.15) is 0 Å². The van der Waals surface area contributed by atoms with Gasteiger partial charge in [-0.05, 0) is 0 Å². The molecule has 0 rings (SSSR count). The molecule has 0 heterocycles. The van der Waals surface area contributed by atoms with E-state index in [9.17, 15) is 0 Å². The average Bonchev–Trinajstić information content (AvgIpc) is 2.40. The maximum absolute atomic E-state index is 8.46. The van der Waals surface area contributed by atoms with Crippen molar-refractivity contribution in [2.45, 2.75) is 72.6 Å². The zero-order valence-electron chi connectivity index (χ0n) is 12.6. The van der Waals surface area contributed by atoms with Crippen molar-refractivity contribution in [1.82, 2.24) is 0 Å². The molecule has 0 aliphatic rings. The summed E-state index contributed by atoms with van der Waals surface area (Å²) in [6, 6.07) is 0. The molecule has 0 unspecified atom stereocenters. The minimum absolute atomic E-state index is 0.364. The second-order valence-electron chi connectivity index (χ2n) is 5.37. The van der Waals surface area contributed by atoms with Crippen LogP contribution in [0.3, 0.4) is 0 Å². The standard InChI is InChI=1S/3C4H9.C3H5O2.Sn/c3*1-3-4-2;1-2-3-5-4;/h3*1,3-4H2,2H3;1-2,4H,3H2;. The zero-order valence-corrected chi connectivity index (χ0v) is 15.4. The van der Waals surface area contributed by atoms with Crippen LogP contribution in [0.1, 0.15) is 59.3 Å². The third-order valence-electron chi connectivity index (χ3n) is 3.73. The SMILES string of the molecule is CCC[CH2][Sn](/[CH]=C/COO)([CH2]CCC)[CH2]CCC. The van der Waals surface area contributed by atoms with Crippen molar-refractivity contribution in [3.63, 3.8) is 0 Å². The summed E-state index contributed by atoms with van der Waals surface area (Å²) in [6.45, 7) is 7.23. The van der Waals surface area contributed by atoms with Gasteiger partial charge in [0, 0.05) is 0 Å². The molecule has 2 nitrogen and oxygen atoms in total. The fourth-order valence-electron chi connectivity index (χ4n) is 2.55. The van der Waals surface area contributed by atoms with Gasteiger partial charge in [-0.1, -0.05) is 0 Å². The van der Waals surface area contributed by atoms with E-state index in [-0.39, 0.29) is 0 Å². The van der Waals surface area contributed by atoms with Crippen LogP contribution < -0.4 is 0 Å². The number of hydrogen-bond donors (Lipinski definition) is 1. The van der Waals surface area contributed by atoms with Gasteiger partial charge < -0.3 is 0 Å². The second kappa shape index (κ2) is 12.5. The van der Waals surface area contributed by atoms with Crippen molar-refractivity contribution >= 4 is 18.4 Å². The maximum atomic E-state index is 8.46. The van der Waals surface area contributed by atoms with E-state index >= 15 is 0 Å². The van der Waals surface area contributed by atoms with Crippen LogP contribution in [0.25, 0.3) is 0 Å². The van der Waals surface area contributed by atoms with Crippen LogP contribution >= 0.6 is 0 Å². The van der Waals surface area contributed by atoms with Gasteiger partial charge in [0.15, 0.2) is 0 Å². The predicted octanol–water partition coefficient (Wildman–Crippen LogP) is 5.42. The van der Waals surface area contributed by atoms with Crippen LogP contribution in [0.5, 0.6) is 0 Å². The molecule has 0 saturated carbocycles. The summed E-state index contributed by atoms with van der Waals surface area (Å²) in [6.07, 6.45) is 10.1. The molecule has 0 aliphatic heterocycles. The first kappa shape index (κ1) is 18.5. The molecule has 0 aliphatic carbocycles. The van der Waals surface area contributed by atoms with Crippen molar-refractivity contribution in [2.75, 3.05) is 6.61 Å². The van der Waals surface area contributed by atoms with Gasteiger partial charge in [-0.15, -0.1) is 0 Å². The van der Waals surface area contributed by atoms with E-state index in [0.29, 0.717) is 6.61 Å². The first-order valence-corrected chi connectivity index (χ1v) is 15.4. The number of hydrogen-bond acceptors (Lipinski definition) is 2. The van der Waals surface area contributed by atoms with E-state index in [1.807, 2.05) is 0 Å². The van der Waals surface area contributed by atoms with Crippen molar-refractivity contribution in [1.29, 1.82) is 0 Å². The van der Waals surface area contributed by atoms with Crippen molar-refractivity contribution < 1.29 is 10.1 Å². The van der Waals surface area contributed by atoms with Gasteiger partial charge in [0.2, 0.25) is 0 Å². The topological polar surface area (TPSA) is 29.5 Å². The molecule has 0 amide bonds. The molecule has 0 spiro atoms. The van der Waals surface area contributed by atoms with Crippen LogP contribution in [-0.2, 0) is 4.89 Å². The summed E-state index contributed by atoms with van der Waals surface area (Å²) in [5.41, 5.74) is 0. The number of unbranched alkanes of at least 4 members (excludes halogenated alkanes) is 3. The van der Waals surface area contributed by atoms with Gasteiger partial charge in [-0.25, -0.2) is 0 Å². The molecule has 3 heteroatoms. The van der Waals surface area contributed by atoms with Gasteiger partial charge in [-0.3, -0.25) is 0 Å². The van der Waals surface area contributed by atoms with Crippen molar-refractivity contribution in [3.8, 4) is 0 Å².